The highest BCUT2D eigenvalue weighted by molar-refractivity contribution is 7.92. The number of anilines is 2. The third-order valence-electron chi connectivity index (χ3n) is 4.71. The minimum atomic E-state index is -3.80. The van der Waals surface area contributed by atoms with Crippen molar-refractivity contribution < 1.29 is 22.7 Å². The molecule has 174 valence electrons. The lowest BCUT2D eigenvalue weighted by Gasteiger charge is -2.13. The summed E-state index contributed by atoms with van der Waals surface area (Å²) in [6.07, 6.45) is 0. The van der Waals surface area contributed by atoms with Gasteiger partial charge in [0.05, 0.1) is 11.5 Å². The molecule has 3 aromatic carbocycles. The minimum absolute atomic E-state index is 0.0836. The number of ether oxygens (including phenoxy) is 2. The van der Waals surface area contributed by atoms with Crippen LogP contribution < -0.4 is 19.5 Å². The van der Waals surface area contributed by atoms with Crippen molar-refractivity contribution in [2.75, 3.05) is 23.3 Å². The highest BCUT2D eigenvalue weighted by atomic mass is 35.5. The van der Waals surface area contributed by atoms with Gasteiger partial charge in [-0.25, -0.2) is 8.42 Å². The summed E-state index contributed by atoms with van der Waals surface area (Å²) in [5.41, 5.74) is 2.48. The van der Waals surface area contributed by atoms with Gasteiger partial charge >= 0.3 is 0 Å². The van der Waals surface area contributed by atoms with Crippen LogP contribution >= 0.6 is 11.6 Å². The fourth-order valence-electron chi connectivity index (χ4n) is 3.01. The van der Waals surface area contributed by atoms with Crippen LogP contribution in [0.5, 0.6) is 11.5 Å². The van der Waals surface area contributed by atoms with E-state index < -0.39 is 10.0 Å². The molecule has 0 atom stereocenters. The number of rotatable bonds is 9. The van der Waals surface area contributed by atoms with Gasteiger partial charge in [0.15, 0.2) is 6.61 Å². The third-order valence-corrected chi connectivity index (χ3v) is 6.32. The molecule has 0 heterocycles. The summed E-state index contributed by atoms with van der Waals surface area (Å²) in [6.45, 7) is 5.74. The normalized spacial score (nSPS) is 11.0. The fraction of sp³-hybridized carbons (Fsp3) is 0.208. The van der Waals surface area contributed by atoms with Crippen LogP contribution in [-0.4, -0.2) is 27.5 Å². The Morgan fingerprint density at radius 3 is 2.33 bits per heavy atom. The molecule has 0 aliphatic carbocycles. The van der Waals surface area contributed by atoms with Gasteiger partial charge in [-0.15, -0.1) is 0 Å². The van der Waals surface area contributed by atoms with E-state index in [-0.39, 0.29) is 17.4 Å². The van der Waals surface area contributed by atoms with Crippen LogP contribution in [0.25, 0.3) is 0 Å². The van der Waals surface area contributed by atoms with Crippen molar-refractivity contribution in [3.8, 4) is 11.5 Å². The van der Waals surface area contributed by atoms with Crippen LogP contribution in [0.15, 0.2) is 65.6 Å². The van der Waals surface area contributed by atoms with Crippen molar-refractivity contribution in [2.45, 2.75) is 25.7 Å². The lowest BCUT2D eigenvalue weighted by molar-refractivity contribution is -0.118. The molecule has 9 heteroatoms. The molecule has 1 amide bonds. The molecule has 0 saturated carbocycles. The number of nitrogens with one attached hydrogen (secondary N) is 2. The number of carbonyl (C=O) groups is 1. The number of aryl methyl sites for hydroxylation is 2. The van der Waals surface area contributed by atoms with Gasteiger partial charge in [0.2, 0.25) is 0 Å². The molecular weight excluding hydrogens is 464 g/mol. The van der Waals surface area contributed by atoms with Gasteiger partial charge in [0.1, 0.15) is 11.5 Å². The largest absolute Gasteiger partial charge is 0.494 e. The van der Waals surface area contributed by atoms with Gasteiger partial charge in [0.25, 0.3) is 15.9 Å². The summed E-state index contributed by atoms with van der Waals surface area (Å²) >= 11 is 5.97. The second-order valence-electron chi connectivity index (χ2n) is 7.29. The molecule has 0 unspecified atom stereocenters. The molecule has 0 saturated heterocycles. The third kappa shape index (κ3) is 6.63. The Labute approximate surface area is 198 Å². The summed E-state index contributed by atoms with van der Waals surface area (Å²) in [5, 5.41) is 3.27. The zero-order chi connectivity index (χ0) is 24.0. The van der Waals surface area contributed by atoms with Gasteiger partial charge in [-0.1, -0.05) is 17.7 Å². The van der Waals surface area contributed by atoms with Gasteiger partial charge in [-0.05, 0) is 86.5 Å². The van der Waals surface area contributed by atoms with Gasteiger partial charge in [0, 0.05) is 16.4 Å². The number of carbonyl (C=O) groups excluding carboxylic acids is 1. The van der Waals surface area contributed by atoms with E-state index in [1.165, 1.54) is 18.2 Å². The lowest BCUT2D eigenvalue weighted by atomic mass is 10.2. The predicted octanol–water partition coefficient (Wildman–Crippen LogP) is 5.17. The number of halogens is 1. The first kappa shape index (κ1) is 24.4. The number of benzene rings is 3. The predicted molar refractivity (Wildman–Crippen MR) is 130 cm³/mol. The first-order valence-electron chi connectivity index (χ1n) is 10.2. The Kier molecular flexibility index (Phi) is 7.84. The van der Waals surface area contributed by atoms with Crippen LogP contribution in [0.3, 0.4) is 0 Å². The second-order valence-corrected chi connectivity index (χ2v) is 9.41. The maximum Gasteiger partial charge on any atom is 0.262 e. The average Bonchev–Trinajstić information content (AvgIpc) is 2.77. The number of sulfonamides is 1. The van der Waals surface area contributed by atoms with E-state index >= 15 is 0 Å². The highest BCUT2D eigenvalue weighted by Gasteiger charge is 2.16. The SMILES string of the molecule is CCOc1ccc(NS(=O)(=O)c2ccc(OCC(=O)Nc3cc(Cl)ccc3C)c(C)c2)cc1. The zero-order valence-corrected chi connectivity index (χ0v) is 20.1. The molecule has 0 radical (unpaired) electrons. The van der Waals surface area contributed by atoms with Crippen LogP contribution in [-0.2, 0) is 14.8 Å². The van der Waals surface area contributed by atoms with E-state index in [9.17, 15) is 13.2 Å². The highest BCUT2D eigenvalue weighted by Crippen LogP contribution is 2.25. The molecule has 7 nitrogen and oxygen atoms in total. The molecule has 3 aromatic rings. The number of amides is 1. The van der Waals surface area contributed by atoms with E-state index in [0.717, 1.165) is 5.56 Å². The minimum Gasteiger partial charge on any atom is -0.494 e. The summed E-state index contributed by atoms with van der Waals surface area (Å²) in [5.74, 6) is 0.717. The lowest BCUT2D eigenvalue weighted by Crippen LogP contribution is -2.21. The van der Waals surface area contributed by atoms with Gasteiger partial charge < -0.3 is 14.8 Å². The number of hydrogen-bond acceptors (Lipinski definition) is 5. The van der Waals surface area contributed by atoms with Crippen LogP contribution in [0.2, 0.25) is 5.02 Å². The monoisotopic (exact) mass is 488 g/mol. The molecular formula is C24H25ClN2O5S. The smallest absolute Gasteiger partial charge is 0.262 e. The standard InChI is InChI=1S/C24H25ClN2O5S/c1-4-31-20-9-7-19(8-10-20)27-33(29,30)21-11-12-23(17(3)13-21)32-15-24(28)26-22-14-18(25)6-5-16(22)2/h5-14,27H,4,15H2,1-3H3,(H,26,28). The van der Waals surface area contributed by atoms with Gasteiger partial charge in [-0.2, -0.15) is 0 Å². The van der Waals surface area contributed by atoms with Crippen molar-refractivity contribution >= 4 is 38.9 Å². The number of hydrogen-bond donors (Lipinski definition) is 2. The first-order chi connectivity index (χ1) is 15.7. The van der Waals surface area contributed by atoms with Crippen LogP contribution in [0.1, 0.15) is 18.1 Å². The van der Waals surface area contributed by atoms with E-state index in [0.29, 0.717) is 40.1 Å². The Morgan fingerprint density at radius 2 is 1.67 bits per heavy atom. The van der Waals surface area contributed by atoms with E-state index in [1.54, 1.807) is 43.3 Å². The van der Waals surface area contributed by atoms with Crippen molar-refractivity contribution in [3.63, 3.8) is 0 Å². The second kappa shape index (κ2) is 10.6. The Hall–Kier alpha value is -3.23. The van der Waals surface area contributed by atoms with Crippen LogP contribution in [0.4, 0.5) is 11.4 Å². The molecule has 2 N–H and O–H groups in total. The van der Waals surface area contributed by atoms with Crippen molar-refractivity contribution in [3.05, 3.63) is 76.8 Å². The maximum atomic E-state index is 12.7. The molecule has 0 fully saturated rings. The first-order valence-corrected chi connectivity index (χ1v) is 12.1. The average molecular weight is 489 g/mol. The zero-order valence-electron chi connectivity index (χ0n) is 18.5. The summed E-state index contributed by atoms with van der Waals surface area (Å²) < 4.78 is 39.0. The van der Waals surface area contributed by atoms with E-state index in [1.807, 2.05) is 19.9 Å². The van der Waals surface area contributed by atoms with E-state index in [2.05, 4.69) is 10.0 Å². The summed E-state index contributed by atoms with van der Waals surface area (Å²) in [7, 11) is -3.80. The maximum absolute atomic E-state index is 12.7. The molecule has 0 aliphatic rings. The van der Waals surface area contributed by atoms with Crippen molar-refractivity contribution in [1.29, 1.82) is 0 Å². The van der Waals surface area contributed by atoms with Crippen LogP contribution in [0, 0.1) is 13.8 Å². The quantitative estimate of drug-likeness (QED) is 0.433. The van der Waals surface area contributed by atoms with Crippen molar-refractivity contribution in [1.82, 2.24) is 0 Å². The Bertz CT molecular complexity index is 1240. The van der Waals surface area contributed by atoms with E-state index in [4.69, 9.17) is 21.1 Å². The summed E-state index contributed by atoms with van der Waals surface area (Å²) in [6, 6.07) is 16.3. The molecule has 3 rings (SSSR count). The van der Waals surface area contributed by atoms with Crippen molar-refractivity contribution in [2.24, 2.45) is 0 Å². The molecule has 0 spiro atoms. The fourth-order valence-corrected chi connectivity index (χ4v) is 4.32. The molecule has 0 aliphatic heterocycles. The summed E-state index contributed by atoms with van der Waals surface area (Å²) in [4.78, 5) is 12.3. The van der Waals surface area contributed by atoms with Gasteiger partial charge in [-0.3, -0.25) is 9.52 Å². The Morgan fingerprint density at radius 1 is 0.939 bits per heavy atom. The molecule has 0 aromatic heterocycles. The Balaban J connectivity index is 1.63. The topological polar surface area (TPSA) is 93.7 Å². The molecule has 33 heavy (non-hydrogen) atoms. The molecule has 0 bridgehead atoms.